The average Bonchev–Trinajstić information content (AvgIpc) is 2.48. The molecule has 0 saturated carbocycles. The van der Waals surface area contributed by atoms with Gasteiger partial charge in [0.2, 0.25) is 0 Å². The van der Waals surface area contributed by atoms with Crippen molar-refractivity contribution in [2.75, 3.05) is 23.7 Å². The summed E-state index contributed by atoms with van der Waals surface area (Å²) in [5.41, 5.74) is 0.672. The number of benzene rings is 1. The van der Waals surface area contributed by atoms with Crippen molar-refractivity contribution in [2.45, 2.75) is 19.5 Å². The number of nitrogens with one attached hydrogen (secondary N) is 2. The fourth-order valence-electron chi connectivity index (χ4n) is 1.89. The first-order valence-electron chi connectivity index (χ1n) is 5.69. The van der Waals surface area contributed by atoms with E-state index in [0.717, 1.165) is 24.7 Å². The maximum atomic E-state index is 12.6. The molecular formula is C12H15F3N2. The van der Waals surface area contributed by atoms with Gasteiger partial charge in [-0.3, -0.25) is 0 Å². The number of hydrogen-bond acceptors (Lipinski definition) is 2. The van der Waals surface area contributed by atoms with Gasteiger partial charge >= 0.3 is 6.18 Å². The second kappa shape index (κ2) is 4.47. The number of halogens is 3. The van der Waals surface area contributed by atoms with Crippen LogP contribution < -0.4 is 10.6 Å². The van der Waals surface area contributed by atoms with Gasteiger partial charge in [0.15, 0.2) is 0 Å². The standard InChI is InChI=1S/C12H15F3N2/c1-2-8-6-16-10-4-3-9(12(13,14)15)5-11(10)17-7-8/h3-5,8,16-17H,2,6-7H2,1H3. The van der Waals surface area contributed by atoms with Crippen molar-refractivity contribution in [1.29, 1.82) is 0 Å². The van der Waals surface area contributed by atoms with Crippen molar-refractivity contribution in [3.63, 3.8) is 0 Å². The second-order valence-corrected chi connectivity index (χ2v) is 4.29. The third-order valence-electron chi connectivity index (χ3n) is 3.09. The molecule has 1 aliphatic rings. The Morgan fingerprint density at radius 1 is 1.18 bits per heavy atom. The van der Waals surface area contributed by atoms with E-state index in [0.29, 0.717) is 18.2 Å². The molecule has 0 fully saturated rings. The van der Waals surface area contributed by atoms with Crippen molar-refractivity contribution < 1.29 is 13.2 Å². The minimum absolute atomic E-state index is 0.441. The van der Waals surface area contributed by atoms with Gasteiger partial charge in [-0.1, -0.05) is 6.92 Å². The van der Waals surface area contributed by atoms with Gasteiger partial charge < -0.3 is 10.6 Å². The molecule has 1 atom stereocenters. The Bertz CT molecular complexity index is 401. The summed E-state index contributed by atoms with van der Waals surface area (Å²) < 4.78 is 37.7. The number of rotatable bonds is 1. The van der Waals surface area contributed by atoms with E-state index in [2.05, 4.69) is 17.6 Å². The van der Waals surface area contributed by atoms with Crippen molar-refractivity contribution in [1.82, 2.24) is 0 Å². The van der Waals surface area contributed by atoms with Crippen LogP contribution in [0.2, 0.25) is 0 Å². The predicted octanol–water partition coefficient (Wildman–Crippen LogP) is 3.57. The summed E-state index contributed by atoms with van der Waals surface area (Å²) in [6.07, 6.45) is -3.28. The van der Waals surface area contributed by atoms with Crippen molar-refractivity contribution >= 4 is 11.4 Å². The first-order chi connectivity index (χ1) is 8.00. The van der Waals surface area contributed by atoms with Crippen LogP contribution in [0.25, 0.3) is 0 Å². The zero-order chi connectivity index (χ0) is 12.5. The molecule has 1 aromatic carbocycles. The summed E-state index contributed by atoms with van der Waals surface area (Å²) in [6, 6.07) is 3.77. The Morgan fingerprint density at radius 3 is 2.41 bits per heavy atom. The van der Waals surface area contributed by atoms with Crippen LogP contribution in [0, 0.1) is 5.92 Å². The molecule has 1 aromatic rings. The summed E-state index contributed by atoms with van der Waals surface area (Å²) in [6.45, 7) is 3.57. The van der Waals surface area contributed by atoms with Crippen LogP contribution in [-0.2, 0) is 6.18 Å². The van der Waals surface area contributed by atoms with Crippen LogP contribution in [0.4, 0.5) is 24.5 Å². The van der Waals surface area contributed by atoms with Crippen LogP contribution in [0.5, 0.6) is 0 Å². The van der Waals surface area contributed by atoms with Gasteiger partial charge in [-0.15, -0.1) is 0 Å². The largest absolute Gasteiger partial charge is 0.416 e. The Labute approximate surface area is 98.2 Å². The van der Waals surface area contributed by atoms with E-state index in [-0.39, 0.29) is 0 Å². The van der Waals surface area contributed by atoms with Crippen LogP contribution in [0.15, 0.2) is 18.2 Å². The number of alkyl halides is 3. The minimum atomic E-state index is -4.28. The van der Waals surface area contributed by atoms with Gasteiger partial charge in [0, 0.05) is 13.1 Å². The molecule has 2 nitrogen and oxygen atoms in total. The van der Waals surface area contributed by atoms with Gasteiger partial charge in [-0.05, 0) is 30.5 Å². The Kier molecular flexibility index (Phi) is 3.17. The topological polar surface area (TPSA) is 24.1 Å². The normalized spacial score (nSPS) is 19.9. The molecule has 17 heavy (non-hydrogen) atoms. The third-order valence-corrected chi connectivity index (χ3v) is 3.09. The van der Waals surface area contributed by atoms with Crippen LogP contribution in [0.3, 0.4) is 0 Å². The molecule has 1 aliphatic heterocycles. The van der Waals surface area contributed by atoms with Gasteiger partial charge in [0.25, 0.3) is 0 Å². The first-order valence-corrected chi connectivity index (χ1v) is 5.69. The quantitative estimate of drug-likeness (QED) is 0.789. The summed E-state index contributed by atoms with van der Waals surface area (Å²) in [5, 5.41) is 6.25. The van der Waals surface area contributed by atoms with E-state index >= 15 is 0 Å². The van der Waals surface area contributed by atoms with E-state index in [1.54, 1.807) is 0 Å². The zero-order valence-corrected chi connectivity index (χ0v) is 9.56. The molecule has 0 amide bonds. The smallest absolute Gasteiger partial charge is 0.383 e. The SMILES string of the molecule is CCC1CNc2ccc(C(F)(F)F)cc2NC1. The van der Waals surface area contributed by atoms with E-state index in [9.17, 15) is 13.2 Å². The molecule has 0 spiro atoms. The van der Waals surface area contributed by atoms with Gasteiger partial charge in [0.1, 0.15) is 0 Å². The lowest BCUT2D eigenvalue weighted by Gasteiger charge is -2.12. The predicted molar refractivity (Wildman–Crippen MR) is 62.2 cm³/mol. The Morgan fingerprint density at radius 2 is 1.82 bits per heavy atom. The lowest BCUT2D eigenvalue weighted by atomic mass is 10.1. The Hall–Kier alpha value is -1.39. The lowest BCUT2D eigenvalue weighted by Crippen LogP contribution is -2.17. The molecule has 1 unspecified atom stereocenters. The number of hydrogen-bond donors (Lipinski definition) is 2. The average molecular weight is 244 g/mol. The number of fused-ring (bicyclic) bond motifs is 1. The van der Waals surface area contributed by atoms with Crippen molar-refractivity contribution in [2.24, 2.45) is 5.92 Å². The van der Waals surface area contributed by atoms with Crippen LogP contribution in [0.1, 0.15) is 18.9 Å². The minimum Gasteiger partial charge on any atom is -0.383 e. The highest BCUT2D eigenvalue weighted by molar-refractivity contribution is 5.70. The van der Waals surface area contributed by atoms with E-state index < -0.39 is 11.7 Å². The van der Waals surface area contributed by atoms with Crippen molar-refractivity contribution in [3.8, 4) is 0 Å². The van der Waals surface area contributed by atoms with E-state index in [4.69, 9.17) is 0 Å². The fraction of sp³-hybridized carbons (Fsp3) is 0.500. The number of anilines is 2. The molecular weight excluding hydrogens is 229 g/mol. The molecule has 2 N–H and O–H groups in total. The highest BCUT2D eigenvalue weighted by atomic mass is 19.4. The molecule has 0 bridgehead atoms. The van der Waals surface area contributed by atoms with E-state index in [1.165, 1.54) is 12.1 Å². The van der Waals surface area contributed by atoms with E-state index in [1.807, 2.05) is 0 Å². The fourth-order valence-corrected chi connectivity index (χ4v) is 1.89. The maximum absolute atomic E-state index is 12.6. The van der Waals surface area contributed by atoms with Crippen molar-refractivity contribution in [3.05, 3.63) is 23.8 Å². The molecule has 94 valence electrons. The highest BCUT2D eigenvalue weighted by Crippen LogP contribution is 2.35. The van der Waals surface area contributed by atoms with Gasteiger partial charge in [-0.2, -0.15) is 13.2 Å². The Balaban J connectivity index is 2.26. The summed E-state index contributed by atoms with van der Waals surface area (Å²) in [7, 11) is 0. The molecule has 0 aromatic heterocycles. The first kappa shape index (κ1) is 12.1. The monoisotopic (exact) mass is 244 g/mol. The molecule has 0 saturated heterocycles. The third kappa shape index (κ3) is 2.65. The molecule has 0 aliphatic carbocycles. The summed E-state index contributed by atoms with van der Waals surface area (Å²) in [5.74, 6) is 0.441. The zero-order valence-electron chi connectivity index (χ0n) is 9.56. The molecule has 2 rings (SSSR count). The molecule has 0 radical (unpaired) electrons. The summed E-state index contributed by atoms with van der Waals surface area (Å²) >= 11 is 0. The molecule has 5 heteroatoms. The lowest BCUT2D eigenvalue weighted by molar-refractivity contribution is -0.137. The van der Waals surface area contributed by atoms with Crippen LogP contribution >= 0.6 is 0 Å². The molecule has 1 heterocycles. The highest BCUT2D eigenvalue weighted by Gasteiger charge is 2.31. The maximum Gasteiger partial charge on any atom is 0.416 e. The van der Waals surface area contributed by atoms with Gasteiger partial charge in [-0.25, -0.2) is 0 Å². The van der Waals surface area contributed by atoms with Crippen LogP contribution in [-0.4, -0.2) is 13.1 Å². The summed E-state index contributed by atoms with van der Waals surface area (Å²) in [4.78, 5) is 0. The van der Waals surface area contributed by atoms with Gasteiger partial charge in [0.05, 0.1) is 16.9 Å². The second-order valence-electron chi connectivity index (χ2n) is 4.29.